The van der Waals surface area contributed by atoms with E-state index >= 15 is 0 Å². The summed E-state index contributed by atoms with van der Waals surface area (Å²) in [4.78, 5) is 148. The number of aliphatic carboxylic acids is 2. The second-order valence-electron chi connectivity index (χ2n) is 21.9. The zero-order valence-corrected chi connectivity index (χ0v) is 65.6. The van der Waals surface area contributed by atoms with E-state index in [2.05, 4.69) is 82.4 Å². The van der Waals surface area contributed by atoms with Crippen molar-refractivity contribution < 1.29 is 78.5 Å². The van der Waals surface area contributed by atoms with Gasteiger partial charge < -0.3 is 94.1 Å². The van der Waals surface area contributed by atoms with Crippen molar-refractivity contribution in [3.63, 3.8) is 0 Å². The molecule has 5 heterocycles. The first-order chi connectivity index (χ1) is 52.4. The van der Waals surface area contributed by atoms with E-state index in [0.29, 0.717) is 81.2 Å². The third-order valence-electron chi connectivity index (χ3n) is 14.3. The quantitative estimate of drug-likeness (QED) is 0.0244. The molecule has 0 aliphatic carbocycles. The number of nitrogen functional groups attached to an aromatic ring is 2. The van der Waals surface area contributed by atoms with Gasteiger partial charge in [-0.1, -0.05) is 75.7 Å². The van der Waals surface area contributed by atoms with Gasteiger partial charge in [-0.05, 0) is 107 Å². The Morgan fingerprint density at radius 3 is 1.36 bits per heavy atom. The number of carbonyl (C=O) groups excluding carboxylic acids is 6. The first kappa shape index (κ1) is 98.9. The molecule has 1 aliphatic rings. The van der Waals surface area contributed by atoms with E-state index in [0.717, 1.165) is 24.3 Å². The summed E-state index contributed by atoms with van der Waals surface area (Å²) < 4.78 is 10.6. The number of benzene rings is 2. The van der Waals surface area contributed by atoms with Crippen LogP contribution in [-0.2, 0) is 51.3 Å². The summed E-state index contributed by atoms with van der Waals surface area (Å²) >= 11 is 1.63. The molecule has 37 heteroatoms. The number of aromatic amines is 2. The second kappa shape index (κ2) is 58.0. The fourth-order valence-electron chi connectivity index (χ4n) is 9.12. The number of thioether (sulfide) groups is 1. The molecule has 0 spiro atoms. The monoisotopic (exact) mass is 1550 g/mol. The minimum Gasteiger partial charge on any atom is -0.480 e. The highest BCUT2D eigenvalue weighted by atomic mass is 32.2. The predicted octanol–water partition coefficient (Wildman–Crippen LogP) is 4.27. The maximum absolute atomic E-state index is 12.6. The molecule has 1 fully saturated rings. The van der Waals surface area contributed by atoms with Gasteiger partial charge in [-0.15, -0.1) is 0 Å². The first-order valence-corrected chi connectivity index (χ1v) is 37.9. The molecule has 0 bridgehead atoms. The van der Waals surface area contributed by atoms with Gasteiger partial charge in [-0.2, -0.15) is 21.7 Å². The number of ether oxygens (including phenoxy) is 2. The van der Waals surface area contributed by atoms with E-state index in [-0.39, 0.29) is 108 Å². The Labute approximate surface area is 639 Å². The van der Waals surface area contributed by atoms with Crippen LogP contribution in [0.2, 0.25) is 0 Å². The number of hydrogen-bond acceptors (Lipinski definition) is 27. The van der Waals surface area contributed by atoms with Crippen LogP contribution in [0.15, 0.2) is 70.5 Å². The Bertz CT molecular complexity index is 3760. The Morgan fingerprint density at radius 2 is 0.945 bits per heavy atom. The lowest BCUT2D eigenvalue weighted by atomic mass is 9.99. The number of unbranched alkanes of at least 4 members (excludes halogenated alkanes) is 2. The molecular weight excluding hydrogens is 1440 g/mol. The van der Waals surface area contributed by atoms with Crippen LogP contribution < -0.4 is 65.1 Å². The van der Waals surface area contributed by atoms with Crippen LogP contribution in [0.3, 0.4) is 0 Å². The van der Waals surface area contributed by atoms with Crippen molar-refractivity contribution in [2.24, 2.45) is 0 Å². The number of nitrogens with zero attached hydrogens (tertiary/aromatic N) is 6. The number of anilines is 4. The van der Waals surface area contributed by atoms with E-state index < -0.39 is 84.3 Å². The van der Waals surface area contributed by atoms with Crippen molar-refractivity contribution in [1.29, 1.82) is 0 Å². The van der Waals surface area contributed by atoms with E-state index in [9.17, 15) is 73.5 Å². The number of aromatic nitrogens is 8. The molecule has 1 aliphatic heterocycles. The number of hydrogen-bond donors (Lipinski definition) is 18. The number of amides is 6. The van der Waals surface area contributed by atoms with Crippen molar-refractivity contribution in [1.82, 2.24) is 71.8 Å². The van der Waals surface area contributed by atoms with Crippen molar-refractivity contribution in [2.45, 2.75) is 210 Å². The number of nitrogens with two attached hydrogens (primary N) is 2. The zero-order valence-electron chi connectivity index (χ0n) is 64.8. The normalized spacial score (nSPS) is 14.9. The van der Waals surface area contributed by atoms with Gasteiger partial charge in [-0.3, -0.25) is 48.3 Å². The van der Waals surface area contributed by atoms with Crippen LogP contribution >= 0.6 is 11.8 Å². The van der Waals surface area contributed by atoms with E-state index in [4.69, 9.17) is 26.0 Å². The van der Waals surface area contributed by atoms with Gasteiger partial charge in [0.2, 0.25) is 35.5 Å². The van der Waals surface area contributed by atoms with Crippen LogP contribution in [0.4, 0.5) is 23.3 Å². The van der Waals surface area contributed by atoms with Gasteiger partial charge >= 0.3 is 11.9 Å². The lowest BCUT2D eigenvalue weighted by Crippen LogP contribution is -2.59. The Kier molecular flexibility index (Phi) is 52.7. The summed E-state index contributed by atoms with van der Waals surface area (Å²) in [7, 11) is 0. The van der Waals surface area contributed by atoms with Crippen LogP contribution in [-0.4, -0.2) is 212 Å². The molecule has 36 nitrogen and oxygen atoms in total. The molecule has 4 aromatic heterocycles. The largest absolute Gasteiger partial charge is 0.480 e. The van der Waals surface area contributed by atoms with Gasteiger partial charge in [0, 0.05) is 80.1 Å². The lowest BCUT2D eigenvalue weighted by Gasteiger charge is -2.39. The van der Waals surface area contributed by atoms with Gasteiger partial charge in [0.25, 0.3) is 22.9 Å². The minimum atomic E-state index is -1.42. The second-order valence-corrected chi connectivity index (χ2v) is 23.2. The first-order valence-electron chi connectivity index (χ1n) is 36.8. The Balaban J connectivity index is 0.00000157. The Hall–Kier alpha value is -10.0. The summed E-state index contributed by atoms with van der Waals surface area (Å²) in [5, 5.41) is 78.8. The molecule has 109 heavy (non-hydrogen) atoms. The molecule has 1 saturated heterocycles. The van der Waals surface area contributed by atoms with Crippen molar-refractivity contribution >= 4 is 105 Å². The molecule has 6 aromatic rings. The summed E-state index contributed by atoms with van der Waals surface area (Å²) in [6.07, 6.45) is 0.400. The van der Waals surface area contributed by atoms with Crippen molar-refractivity contribution in [3.05, 3.63) is 104 Å². The summed E-state index contributed by atoms with van der Waals surface area (Å²) in [6.45, 7) is 27.9. The maximum atomic E-state index is 12.6. The summed E-state index contributed by atoms with van der Waals surface area (Å²) in [5.41, 5.74) is 13.2. The van der Waals surface area contributed by atoms with Crippen LogP contribution in [0.1, 0.15) is 186 Å². The third-order valence-corrected chi connectivity index (χ3v) is 15.4. The average molecular weight is 1550 g/mol. The zero-order chi connectivity index (χ0) is 82.4. The number of nitrogens with one attached hydrogen (secondary N) is 10. The molecule has 0 saturated carbocycles. The van der Waals surface area contributed by atoms with E-state index in [1.807, 2.05) is 83.1 Å². The highest BCUT2D eigenvalue weighted by Crippen LogP contribution is 2.23. The topological polar surface area (TPSA) is 568 Å². The fourth-order valence-corrected chi connectivity index (χ4v) is 9.97. The summed E-state index contributed by atoms with van der Waals surface area (Å²) in [6, 6.07) is 10.2. The molecule has 20 N–H and O–H groups in total. The van der Waals surface area contributed by atoms with Crippen LogP contribution in [0.5, 0.6) is 0 Å². The number of rotatable bonds is 36. The average Bonchev–Trinajstić information content (AvgIpc) is 0.820. The number of carboxylic acids is 2. The molecule has 0 radical (unpaired) electrons. The number of carboxylic acid groups (broad SMARTS) is 2. The standard InChI is InChI=1S/C27H35N9O6.C21H24N8O5.C14H27NO7S.5C2H6/c1-2-29-20(37)6-4-3-5-13-30-21(38)12-11-19(26(41)42)34-24(39)16-7-9-17(10-8-16)31-14-18-15-32-23-22(33-18)25(40)36-27(28)35-23;1-2-23-15(30)8-7-14(20(33)34)27-18(31)11-3-5-12(6-4-11)24-9-13-10-25-17-16(26-13)19(32)29-21(22)28-17;1-2-15-10(17)4-7-23-6-3-5-21-14-13(20)12(19)11(18)9(8-16)22-14;5*1-2/h7-10,15,19,31H,2-6,11-14H2,1H3,(H,29,37)(H,30,38)(H,34,39)(H,41,42)(H3,28,32,35,36,40);3-6,10,14,24H,2,7-9H2,1H3,(H,23,30)(H,27,31)(H,33,34)(H3,22,25,28,29,32);9,11-14,16,18-20H,2-8H2,1H3,(H,15,17);5*1-2H3/t;;9?,11-,12-,13?,14-;;;;;/m..0...../s1. The number of H-pyrrole nitrogens is 2. The number of carbonyl (C=O) groups is 8. The van der Waals surface area contributed by atoms with Gasteiger partial charge in [0.1, 0.15) is 36.5 Å². The maximum Gasteiger partial charge on any atom is 0.326 e. The predicted molar refractivity (Wildman–Crippen MR) is 419 cm³/mol. The van der Waals surface area contributed by atoms with Crippen LogP contribution in [0.25, 0.3) is 22.3 Å². The molecule has 7 atom stereocenters. The number of aliphatic hydroxyl groups is 4. The van der Waals surface area contributed by atoms with Crippen molar-refractivity contribution in [3.8, 4) is 0 Å². The highest BCUT2D eigenvalue weighted by molar-refractivity contribution is 7.99. The number of fused-ring (bicyclic) bond motifs is 2. The van der Waals surface area contributed by atoms with Gasteiger partial charge in [0.15, 0.2) is 28.6 Å². The van der Waals surface area contributed by atoms with E-state index in [1.54, 1.807) is 43.0 Å². The smallest absolute Gasteiger partial charge is 0.326 e. The minimum absolute atomic E-state index is 0.00733. The molecule has 7 rings (SSSR count). The van der Waals surface area contributed by atoms with Crippen LogP contribution in [0, 0.1) is 0 Å². The molecular formula is C72H116N18O18S. The van der Waals surface area contributed by atoms with E-state index in [1.165, 1.54) is 36.7 Å². The van der Waals surface area contributed by atoms with Gasteiger partial charge in [-0.25, -0.2) is 29.5 Å². The SMILES string of the molecule is CC.CC.CC.CC.CC.CCNC(=O)CCC(NC(=O)c1ccc(NCc2cnc3nc(N)[nH]c(=O)c3n2)cc1)C(=O)O.CCNC(=O)CCCCCNC(=O)CCC(NC(=O)c1ccc(NCc2cnc3nc(N)[nH]c(=O)c3n2)cc1)C(=O)O.CCNC(=O)CCSCCCO[C@H]1OC(CO)[C@H](O)[C@H](O)C1O. The molecule has 4 unspecified atom stereocenters. The third kappa shape index (κ3) is 38.0. The molecule has 6 amide bonds. The highest BCUT2D eigenvalue weighted by Gasteiger charge is 2.44. The summed E-state index contributed by atoms with van der Waals surface area (Å²) in [5.74, 6) is -2.74. The van der Waals surface area contributed by atoms with Gasteiger partial charge in [0.05, 0.1) is 50.1 Å². The van der Waals surface area contributed by atoms with Crippen molar-refractivity contribution in [2.75, 3.05) is 73.0 Å². The molecule has 2 aromatic carbocycles. The molecule has 608 valence electrons. The lowest BCUT2D eigenvalue weighted by molar-refractivity contribution is -0.300. The number of aliphatic hydroxyl groups excluding tert-OH is 4. The Morgan fingerprint density at radius 1 is 0.532 bits per heavy atom. The fraction of sp³-hybridized carbons (Fsp3) is 0.556.